The third-order valence-electron chi connectivity index (χ3n) is 4.95. The van der Waals surface area contributed by atoms with E-state index in [2.05, 4.69) is 4.99 Å². The third-order valence-corrected chi connectivity index (χ3v) is 8.16. The standard InChI is InChI=1S/C21H22N2O4S2/c1-2-20(24)22-21-23(18-13-29(25,26)14-19(18)28-21)16-8-10-17(11-9-16)27-12-15-6-4-3-5-7-15/h3-11,18-19H,2,12-14H2,1H3. The van der Waals surface area contributed by atoms with E-state index in [-0.39, 0.29) is 28.7 Å². The molecular formula is C21H22N2O4S2. The van der Waals surface area contributed by atoms with Crippen LogP contribution < -0.4 is 9.64 Å². The lowest BCUT2D eigenvalue weighted by Gasteiger charge is -2.24. The number of hydrogen-bond donors (Lipinski definition) is 0. The molecule has 2 heterocycles. The largest absolute Gasteiger partial charge is 0.489 e. The quantitative estimate of drug-likeness (QED) is 0.725. The van der Waals surface area contributed by atoms with Crippen LogP contribution in [0.25, 0.3) is 0 Å². The van der Waals surface area contributed by atoms with Crippen molar-refractivity contribution in [1.29, 1.82) is 0 Å². The van der Waals surface area contributed by atoms with Crippen LogP contribution in [0.15, 0.2) is 59.6 Å². The molecule has 152 valence electrons. The van der Waals surface area contributed by atoms with Gasteiger partial charge in [0, 0.05) is 17.4 Å². The van der Waals surface area contributed by atoms with Crippen molar-refractivity contribution in [3.8, 4) is 5.75 Å². The maximum Gasteiger partial charge on any atom is 0.247 e. The van der Waals surface area contributed by atoms with Gasteiger partial charge < -0.3 is 9.64 Å². The van der Waals surface area contributed by atoms with Gasteiger partial charge in [-0.2, -0.15) is 4.99 Å². The minimum absolute atomic E-state index is 0.0796. The van der Waals surface area contributed by atoms with Crippen molar-refractivity contribution < 1.29 is 17.9 Å². The first kappa shape index (κ1) is 20.0. The van der Waals surface area contributed by atoms with Gasteiger partial charge in [0.2, 0.25) is 5.91 Å². The molecule has 6 nitrogen and oxygen atoms in total. The van der Waals surface area contributed by atoms with Crippen molar-refractivity contribution >= 4 is 38.4 Å². The highest BCUT2D eigenvalue weighted by Crippen LogP contribution is 2.41. The van der Waals surface area contributed by atoms with Crippen LogP contribution in [-0.4, -0.2) is 42.3 Å². The second-order valence-electron chi connectivity index (χ2n) is 7.08. The Bertz CT molecular complexity index is 1020. The fourth-order valence-corrected chi connectivity index (χ4v) is 7.43. The molecule has 29 heavy (non-hydrogen) atoms. The van der Waals surface area contributed by atoms with Gasteiger partial charge in [-0.3, -0.25) is 4.79 Å². The van der Waals surface area contributed by atoms with Crippen LogP contribution in [0.1, 0.15) is 18.9 Å². The molecule has 0 aliphatic carbocycles. The van der Waals surface area contributed by atoms with E-state index in [0.717, 1.165) is 17.0 Å². The average molecular weight is 431 g/mol. The third kappa shape index (κ3) is 4.48. The van der Waals surface area contributed by atoms with Gasteiger partial charge in [-0.15, -0.1) is 0 Å². The fraction of sp³-hybridized carbons (Fsp3) is 0.333. The average Bonchev–Trinajstić information content (AvgIpc) is 3.18. The van der Waals surface area contributed by atoms with Gasteiger partial charge >= 0.3 is 0 Å². The number of benzene rings is 2. The molecule has 2 aliphatic heterocycles. The number of fused-ring (bicyclic) bond motifs is 1. The number of amides is 1. The predicted octanol–water partition coefficient (Wildman–Crippen LogP) is 3.28. The summed E-state index contributed by atoms with van der Waals surface area (Å²) >= 11 is 1.39. The molecule has 2 fully saturated rings. The van der Waals surface area contributed by atoms with Crippen molar-refractivity contribution in [3.63, 3.8) is 0 Å². The second-order valence-corrected chi connectivity index (χ2v) is 10.4. The lowest BCUT2D eigenvalue weighted by molar-refractivity contribution is -0.117. The zero-order chi connectivity index (χ0) is 20.4. The molecule has 8 heteroatoms. The summed E-state index contributed by atoms with van der Waals surface area (Å²) in [5.74, 6) is 0.721. The first-order valence-corrected chi connectivity index (χ1v) is 12.2. The number of carbonyl (C=O) groups excluding carboxylic acids is 1. The van der Waals surface area contributed by atoms with Gasteiger partial charge in [-0.05, 0) is 29.8 Å². The maximum atomic E-state index is 12.1. The Kier molecular flexibility index (Phi) is 5.65. The summed E-state index contributed by atoms with van der Waals surface area (Å²) in [7, 11) is -3.08. The summed E-state index contributed by atoms with van der Waals surface area (Å²) < 4.78 is 30.1. The highest BCUT2D eigenvalue weighted by Gasteiger charge is 2.49. The van der Waals surface area contributed by atoms with Gasteiger partial charge in [0.15, 0.2) is 15.0 Å². The van der Waals surface area contributed by atoms with Crippen LogP contribution in [-0.2, 0) is 21.2 Å². The van der Waals surface area contributed by atoms with Crippen molar-refractivity contribution in [1.82, 2.24) is 0 Å². The number of rotatable bonds is 5. The van der Waals surface area contributed by atoms with Crippen LogP contribution in [0.4, 0.5) is 5.69 Å². The van der Waals surface area contributed by atoms with Crippen molar-refractivity contribution in [2.45, 2.75) is 31.2 Å². The number of sulfone groups is 1. The Morgan fingerprint density at radius 1 is 1.14 bits per heavy atom. The lowest BCUT2D eigenvalue weighted by atomic mass is 10.2. The van der Waals surface area contributed by atoms with Gasteiger partial charge in [-0.25, -0.2) is 8.42 Å². The SMILES string of the molecule is CCC(=O)N=C1SC2CS(=O)(=O)CC2N1c1ccc(OCc2ccccc2)cc1. The van der Waals surface area contributed by atoms with Crippen molar-refractivity contribution in [2.24, 2.45) is 4.99 Å². The Hall–Kier alpha value is -2.32. The maximum absolute atomic E-state index is 12.1. The number of aliphatic imine (C=N–C) groups is 1. The fourth-order valence-electron chi connectivity index (χ4n) is 3.50. The molecule has 1 amide bonds. The molecule has 0 saturated carbocycles. The predicted molar refractivity (Wildman–Crippen MR) is 116 cm³/mol. The van der Waals surface area contributed by atoms with Crippen LogP contribution in [0.2, 0.25) is 0 Å². The Labute approximate surface area is 174 Å². The van der Waals surface area contributed by atoms with Gasteiger partial charge in [0.25, 0.3) is 0 Å². The zero-order valence-corrected chi connectivity index (χ0v) is 17.7. The molecule has 0 radical (unpaired) electrons. The highest BCUT2D eigenvalue weighted by atomic mass is 32.2. The van der Waals surface area contributed by atoms with Gasteiger partial charge in [0.05, 0.1) is 17.5 Å². The smallest absolute Gasteiger partial charge is 0.247 e. The number of anilines is 1. The first-order chi connectivity index (χ1) is 13.9. The molecule has 0 spiro atoms. The van der Waals surface area contributed by atoms with Crippen LogP contribution in [0, 0.1) is 0 Å². The molecule has 0 N–H and O–H groups in total. The molecule has 0 bridgehead atoms. The monoisotopic (exact) mass is 430 g/mol. The first-order valence-electron chi connectivity index (χ1n) is 9.50. The number of ether oxygens (including phenoxy) is 1. The van der Waals surface area contributed by atoms with Gasteiger partial charge in [0.1, 0.15) is 12.4 Å². The summed E-state index contributed by atoms with van der Waals surface area (Å²) in [6.45, 7) is 2.24. The van der Waals surface area contributed by atoms with E-state index in [1.165, 1.54) is 11.8 Å². The molecule has 2 aromatic rings. The molecule has 2 aromatic carbocycles. The van der Waals surface area contributed by atoms with Crippen LogP contribution in [0.3, 0.4) is 0 Å². The van der Waals surface area contributed by atoms with Gasteiger partial charge in [-0.1, -0.05) is 49.0 Å². The Balaban J connectivity index is 1.55. The molecule has 2 saturated heterocycles. The summed E-state index contributed by atoms with van der Waals surface area (Å²) in [5, 5.41) is 0.483. The van der Waals surface area contributed by atoms with Crippen molar-refractivity contribution in [2.75, 3.05) is 16.4 Å². The van der Waals surface area contributed by atoms with E-state index < -0.39 is 9.84 Å². The zero-order valence-electron chi connectivity index (χ0n) is 16.0. The van der Waals surface area contributed by atoms with Crippen LogP contribution >= 0.6 is 11.8 Å². The van der Waals surface area contributed by atoms with Crippen LogP contribution in [0.5, 0.6) is 5.75 Å². The number of hydrogen-bond acceptors (Lipinski definition) is 5. The number of nitrogens with zero attached hydrogens (tertiary/aromatic N) is 2. The van der Waals surface area contributed by atoms with E-state index in [9.17, 15) is 13.2 Å². The molecule has 2 aliphatic rings. The lowest BCUT2D eigenvalue weighted by Crippen LogP contribution is -2.37. The van der Waals surface area contributed by atoms with E-state index in [4.69, 9.17) is 4.74 Å². The van der Waals surface area contributed by atoms with E-state index in [1.54, 1.807) is 6.92 Å². The number of thioether (sulfide) groups is 1. The van der Waals surface area contributed by atoms with E-state index in [1.807, 2.05) is 59.5 Å². The molecule has 0 aromatic heterocycles. The summed E-state index contributed by atoms with van der Waals surface area (Å²) in [6, 6.07) is 17.2. The molecule has 2 atom stereocenters. The topological polar surface area (TPSA) is 76.0 Å². The minimum atomic E-state index is -3.08. The number of carbonyl (C=O) groups is 1. The summed E-state index contributed by atoms with van der Waals surface area (Å²) in [5.41, 5.74) is 1.90. The minimum Gasteiger partial charge on any atom is -0.489 e. The highest BCUT2D eigenvalue weighted by molar-refractivity contribution is 8.16. The number of amidine groups is 1. The molecular weight excluding hydrogens is 408 g/mol. The summed E-state index contributed by atoms with van der Waals surface area (Å²) in [6.07, 6.45) is 0.317. The molecule has 4 rings (SSSR count). The summed E-state index contributed by atoms with van der Waals surface area (Å²) in [4.78, 5) is 18.0. The normalized spacial score (nSPS) is 23.9. The second kappa shape index (κ2) is 8.20. The van der Waals surface area contributed by atoms with E-state index >= 15 is 0 Å². The van der Waals surface area contributed by atoms with E-state index in [0.29, 0.717) is 18.2 Å². The molecule has 2 unspecified atom stereocenters. The van der Waals surface area contributed by atoms with Crippen molar-refractivity contribution in [3.05, 3.63) is 60.2 Å². The Morgan fingerprint density at radius 3 is 2.55 bits per heavy atom. The Morgan fingerprint density at radius 2 is 1.86 bits per heavy atom.